The van der Waals surface area contributed by atoms with Crippen LogP contribution in [0, 0.1) is 5.82 Å². The van der Waals surface area contributed by atoms with Gasteiger partial charge in [-0.25, -0.2) is 9.37 Å². The Morgan fingerprint density at radius 1 is 1.39 bits per heavy atom. The molecule has 1 aromatic heterocycles. The summed E-state index contributed by atoms with van der Waals surface area (Å²) in [6.45, 7) is 1.09. The van der Waals surface area contributed by atoms with Crippen molar-refractivity contribution in [2.24, 2.45) is 5.73 Å². The van der Waals surface area contributed by atoms with Crippen LogP contribution in [-0.4, -0.2) is 21.9 Å². The Morgan fingerprint density at radius 2 is 2.17 bits per heavy atom. The number of hydrogen-bond acceptors (Lipinski definition) is 3. The zero-order chi connectivity index (χ0) is 13.0. The van der Waals surface area contributed by atoms with Crippen molar-refractivity contribution in [1.29, 1.82) is 0 Å². The van der Waals surface area contributed by atoms with Crippen molar-refractivity contribution in [2.75, 3.05) is 6.54 Å². The molecule has 1 aromatic carbocycles. The number of halogens is 1. The molecule has 0 aliphatic heterocycles. The smallest absolute Gasteiger partial charge is 0.187 e. The number of rotatable bonds is 5. The highest BCUT2D eigenvalue weighted by Crippen LogP contribution is 2.10. The zero-order valence-electron chi connectivity index (χ0n) is 9.84. The lowest BCUT2D eigenvalue weighted by Gasteiger charge is -2.00. The van der Waals surface area contributed by atoms with E-state index in [1.807, 2.05) is 0 Å². The molecule has 0 atom stereocenters. The third-order valence-corrected chi connectivity index (χ3v) is 2.62. The number of aromatic nitrogens is 2. The molecular weight excluding hydrogens is 233 g/mol. The molecule has 18 heavy (non-hydrogen) atoms. The van der Waals surface area contributed by atoms with Gasteiger partial charge in [0.2, 0.25) is 0 Å². The van der Waals surface area contributed by atoms with Gasteiger partial charge >= 0.3 is 0 Å². The maximum Gasteiger partial charge on any atom is 0.187 e. The van der Waals surface area contributed by atoms with E-state index in [0.29, 0.717) is 24.3 Å². The maximum absolute atomic E-state index is 13.4. The van der Waals surface area contributed by atoms with Crippen molar-refractivity contribution in [3.05, 3.63) is 53.9 Å². The van der Waals surface area contributed by atoms with Gasteiger partial charge in [0.15, 0.2) is 5.78 Å². The van der Waals surface area contributed by atoms with Gasteiger partial charge in [0, 0.05) is 25.7 Å². The van der Waals surface area contributed by atoms with Crippen LogP contribution in [0.5, 0.6) is 0 Å². The van der Waals surface area contributed by atoms with E-state index in [1.165, 1.54) is 6.07 Å². The summed E-state index contributed by atoms with van der Waals surface area (Å²) in [7, 11) is 0. The lowest BCUT2D eigenvalue weighted by atomic mass is 10.1. The number of nitrogens with two attached hydrogens (primary N) is 1. The average molecular weight is 247 g/mol. The van der Waals surface area contributed by atoms with Crippen LogP contribution < -0.4 is 5.73 Å². The van der Waals surface area contributed by atoms with Crippen LogP contribution in [0.4, 0.5) is 4.39 Å². The minimum Gasteiger partial charge on any atom is -0.335 e. The normalized spacial score (nSPS) is 10.6. The fourth-order valence-electron chi connectivity index (χ4n) is 1.68. The van der Waals surface area contributed by atoms with E-state index < -0.39 is 0 Å². The summed E-state index contributed by atoms with van der Waals surface area (Å²) in [6, 6.07) is 6.25. The SMILES string of the molecule is NCCn1cnc(C(=O)Cc2ccccc2F)c1. The molecule has 5 heteroatoms. The number of imidazole rings is 1. The van der Waals surface area contributed by atoms with Gasteiger partial charge < -0.3 is 10.3 Å². The average Bonchev–Trinajstić information content (AvgIpc) is 2.81. The van der Waals surface area contributed by atoms with E-state index in [0.717, 1.165) is 0 Å². The molecule has 0 spiro atoms. The first-order valence-corrected chi connectivity index (χ1v) is 5.69. The van der Waals surface area contributed by atoms with Crippen LogP contribution in [0.3, 0.4) is 0 Å². The largest absolute Gasteiger partial charge is 0.335 e. The van der Waals surface area contributed by atoms with E-state index in [2.05, 4.69) is 4.98 Å². The van der Waals surface area contributed by atoms with Crippen molar-refractivity contribution in [3.8, 4) is 0 Å². The molecule has 0 saturated carbocycles. The van der Waals surface area contributed by atoms with Crippen molar-refractivity contribution in [1.82, 2.24) is 9.55 Å². The van der Waals surface area contributed by atoms with Gasteiger partial charge in [-0.15, -0.1) is 0 Å². The summed E-state index contributed by atoms with van der Waals surface area (Å²) in [5.41, 5.74) is 6.13. The molecule has 2 aromatic rings. The molecule has 0 amide bonds. The molecule has 0 aliphatic rings. The molecule has 0 radical (unpaired) electrons. The number of nitrogens with zero attached hydrogens (tertiary/aromatic N) is 2. The van der Waals surface area contributed by atoms with Crippen LogP contribution in [0.2, 0.25) is 0 Å². The quantitative estimate of drug-likeness (QED) is 0.812. The monoisotopic (exact) mass is 247 g/mol. The second-order valence-corrected chi connectivity index (χ2v) is 3.98. The first-order chi connectivity index (χ1) is 8.70. The predicted molar refractivity (Wildman–Crippen MR) is 65.7 cm³/mol. The number of benzene rings is 1. The van der Waals surface area contributed by atoms with Gasteiger partial charge in [-0.3, -0.25) is 4.79 Å². The maximum atomic E-state index is 13.4. The second kappa shape index (κ2) is 5.55. The van der Waals surface area contributed by atoms with Gasteiger partial charge in [0.25, 0.3) is 0 Å². The molecule has 1 heterocycles. The minimum atomic E-state index is -0.368. The summed E-state index contributed by atoms with van der Waals surface area (Å²) in [5, 5.41) is 0. The predicted octanol–water partition coefficient (Wildman–Crippen LogP) is 1.41. The topological polar surface area (TPSA) is 60.9 Å². The molecule has 2 rings (SSSR count). The minimum absolute atomic E-state index is 0.0202. The fraction of sp³-hybridized carbons (Fsp3) is 0.231. The van der Waals surface area contributed by atoms with Gasteiger partial charge in [0.1, 0.15) is 11.5 Å². The molecule has 0 fully saturated rings. The standard InChI is InChI=1S/C13H14FN3O/c14-11-4-2-1-3-10(11)7-13(18)12-8-17(6-5-15)9-16-12/h1-4,8-9H,5-7,15H2. The Hall–Kier alpha value is -2.01. The number of carbonyl (C=O) groups is 1. The fourth-order valence-corrected chi connectivity index (χ4v) is 1.68. The number of ketones is 1. The van der Waals surface area contributed by atoms with Crippen molar-refractivity contribution >= 4 is 5.78 Å². The van der Waals surface area contributed by atoms with Gasteiger partial charge in [-0.05, 0) is 11.6 Å². The van der Waals surface area contributed by atoms with E-state index in [1.54, 1.807) is 35.3 Å². The highest BCUT2D eigenvalue weighted by atomic mass is 19.1. The first kappa shape index (κ1) is 12.4. The molecule has 0 unspecified atom stereocenters. The molecular formula is C13H14FN3O. The lowest BCUT2D eigenvalue weighted by molar-refractivity contribution is 0.0987. The van der Waals surface area contributed by atoms with E-state index in [9.17, 15) is 9.18 Å². The Morgan fingerprint density at radius 3 is 2.89 bits per heavy atom. The molecule has 2 N–H and O–H groups in total. The summed E-state index contributed by atoms with van der Waals surface area (Å²) in [6.07, 6.45) is 3.21. The number of carbonyl (C=O) groups excluding carboxylic acids is 1. The Labute approximate surface area is 104 Å². The number of hydrogen-bond donors (Lipinski definition) is 1. The lowest BCUT2D eigenvalue weighted by Crippen LogP contribution is -2.08. The highest BCUT2D eigenvalue weighted by molar-refractivity contribution is 5.95. The van der Waals surface area contributed by atoms with Crippen molar-refractivity contribution in [3.63, 3.8) is 0 Å². The zero-order valence-corrected chi connectivity index (χ0v) is 9.84. The first-order valence-electron chi connectivity index (χ1n) is 5.69. The third-order valence-electron chi connectivity index (χ3n) is 2.62. The van der Waals surface area contributed by atoms with Crippen LogP contribution in [0.15, 0.2) is 36.8 Å². The Kier molecular flexibility index (Phi) is 3.84. The van der Waals surface area contributed by atoms with Crippen molar-refractivity contribution in [2.45, 2.75) is 13.0 Å². The molecule has 0 aliphatic carbocycles. The van der Waals surface area contributed by atoms with Crippen LogP contribution in [-0.2, 0) is 13.0 Å². The Balaban J connectivity index is 2.10. The molecule has 0 bridgehead atoms. The van der Waals surface area contributed by atoms with E-state index >= 15 is 0 Å². The summed E-state index contributed by atoms with van der Waals surface area (Å²) in [4.78, 5) is 15.9. The van der Waals surface area contributed by atoms with Gasteiger partial charge in [-0.2, -0.15) is 0 Å². The molecule has 94 valence electrons. The number of Topliss-reactive ketones (excluding diaryl/α,β-unsaturated/α-hetero) is 1. The van der Waals surface area contributed by atoms with Crippen LogP contribution >= 0.6 is 0 Å². The summed E-state index contributed by atoms with van der Waals surface area (Å²) >= 11 is 0. The summed E-state index contributed by atoms with van der Waals surface area (Å²) < 4.78 is 15.1. The summed E-state index contributed by atoms with van der Waals surface area (Å²) in [5.74, 6) is -0.567. The van der Waals surface area contributed by atoms with Gasteiger partial charge in [0.05, 0.1) is 6.33 Å². The van der Waals surface area contributed by atoms with Crippen LogP contribution in [0.25, 0.3) is 0 Å². The molecule has 4 nitrogen and oxygen atoms in total. The third kappa shape index (κ3) is 2.81. The Bertz CT molecular complexity index is 551. The van der Waals surface area contributed by atoms with E-state index in [4.69, 9.17) is 5.73 Å². The second-order valence-electron chi connectivity index (χ2n) is 3.98. The van der Waals surface area contributed by atoms with E-state index in [-0.39, 0.29) is 18.0 Å². The van der Waals surface area contributed by atoms with Gasteiger partial charge in [-0.1, -0.05) is 18.2 Å². The van der Waals surface area contributed by atoms with Crippen molar-refractivity contribution < 1.29 is 9.18 Å². The molecule has 0 saturated heterocycles. The van der Waals surface area contributed by atoms with Crippen LogP contribution in [0.1, 0.15) is 16.1 Å². The highest BCUT2D eigenvalue weighted by Gasteiger charge is 2.12.